The lowest BCUT2D eigenvalue weighted by Gasteiger charge is -2.26. The van der Waals surface area contributed by atoms with Crippen LogP contribution in [0.1, 0.15) is 45.4 Å². The van der Waals surface area contributed by atoms with E-state index >= 15 is 0 Å². The summed E-state index contributed by atoms with van der Waals surface area (Å²) in [6.07, 6.45) is 7.19. The van der Waals surface area contributed by atoms with Crippen LogP contribution >= 0.6 is 0 Å². The molecule has 2 rings (SSSR count). The zero-order valence-electron chi connectivity index (χ0n) is 10.8. The average molecular weight is 239 g/mol. The number of nitrogens with two attached hydrogens (primary N) is 1. The van der Waals surface area contributed by atoms with E-state index in [1.165, 1.54) is 19.3 Å². The fourth-order valence-electron chi connectivity index (χ4n) is 2.91. The molecule has 2 amide bonds. The Kier molecular flexibility index (Phi) is 4.26. The van der Waals surface area contributed by atoms with Crippen LogP contribution in [0.25, 0.3) is 0 Å². The Morgan fingerprint density at radius 3 is 2.59 bits per heavy atom. The van der Waals surface area contributed by atoms with Crippen molar-refractivity contribution < 1.29 is 4.79 Å². The van der Waals surface area contributed by atoms with Gasteiger partial charge in [-0.25, -0.2) is 4.79 Å². The smallest absolute Gasteiger partial charge is 0.317 e. The summed E-state index contributed by atoms with van der Waals surface area (Å²) in [5, 5.41) is 3.17. The first-order chi connectivity index (χ1) is 8.16. The van der Waals surface area contributed by atoms with Crippen LogP contribution in [0.3, 0.4) is 0 Å². The number of nitrogens with one attached hydrogen (secondary N) is 1. The predicted molar refractivity (Wildman–Crippen MR) is 68.7 cm³/mol. The number of hydrogen-bond acceptors (Lipinski definition) is 2. The summed E-state index contributed by atoms with van der Waals surface area (Å²) in [5.41, 5.74) is 5.89. The van der Waals surface area contributed by atoms with E-state index in [-0.39, 0.29) is 12.1 Å². The number of urea groups is 1. The summed E-state index contributed by atoms with van der Waals surface area (Å²) in [7, 11) is 0. The molecule has 0 bridgehead atoms. The molecule has 2 unspecified atom stereocenters. The summed E-state index contributed by atoms with van der Waals surface area (Å²) < 4.78 is 0. The lowest BCUT2D eigenvalue weighted by molar-refractivity contribution is 0.198. The van der Waals surface area contributed by atoms with E-state index in [9.17, 15) is 4.79 Å². The SMILES string of the molecule is CC(N)C1CCN(C(=O)NC2CCCCC2)C1. The highest BCUT2D eigenvalue weighted by Crippen LogP contribution is 2.20. The summed E-state index contributed by atoms with van der Waals surface area (Å²) in [6, 6.07) is 0.730. The third-order valence-corrected chi connectivity index (χ3v) is 4.19. The molecular formula is C13H25N3O. The van der Waals surface area contributed by atoms with Gasteiger partial charge in [0.15, 0.2) is 0 Å². The van der Waals surface area contributed by atoms with Gasteiger partial charge in [0.1, 0.15) is 0 Å². The molecule has 1 heterocycles. The minimum atomic E-state index is 0.125. The van der Waals surface area contributed by atoms with Crippen LogP contribution in [0.15, 0.2) is 0 Å². The Morgan fingerprint density at radius 1 is 1.29 bits per heavy atom. The number of likely N-dealkylation sites (tertiary alicyclic amines) is 1. The van der Waals surface area contributed by atoms with Crippen molar-refractivity contribution in [2.75, 3.05) is 13.1 Å². The summed E-state index contributed by atoms with van der Waals surface area (Å²) in [6.45, 7) is 3.73. The van der Waals surface area contributed by atoms with Gasteiger partial charge in [0.2, 0.25) is 0 Å². The maximum atomic E-state index is 12.1. The third-order valence-electron chi connectivity index (χ3n) is 4.19. The molecular weight excluding hydrogens is 214 g/mol. The lowest BCUT2D eigenvalue weighted by Crippen LogP contribution is -2.45. The van der Waals surface area contributed by atoms with Gasteiger partial charge in [-0.2, -0.15) is 0 Å². The van der Waals surface area contributed by atoms with Crippen molar-refractivity contribution in [3.05, 3.63) is 0 Å². The summed E-state index contributed by atoms with van der Waals surface area (Å²) in [5.74, 6) is 0.479. The van der Waals surface area contributed by atoms with Crippen molar-refractivity contribution >= 4 is 6.03 Å². The highest BCUT2D eigenvalue weighted by Gasteiger charge is 2.29. The van der Waals surface area contributed by atoms with Crippen molar-refractivity contribution in [1.82, 2.24) is 10.2 Å². The molecule has 0 aromatic carbocycles. The van der Waals surface area contributed by atoms with E-state index in [1.807, 2.05) is 11.8 Å². The summed E-state index contributed by atoms with van der Waals surface area (Å²) in [4.78, 5) is 14.0. The normalized spacial score (nSPS) is 28.1. The second kappa shape index (κ2) is 5.71. The van der Waals surface area contributed by atoms with Crippen LogP contribution in [0.2, 0.25) is 0 Å². The minimum Gasteiger partial charge on any atom is -0.335 e. The molecule has 1 saturated carbocycles. The molecule has 4 heteroatoms. The van der Waals surface area contributed by atoms with Crippen LogP contribution < -0.4 is 11.1 Å². The van der Waals surface area contributed by atoms with Gasteiger partial charge < -0.3 is 16.0 Å². The number of amides is 2. The van der Waals surface area contributed by atoms with E-state index < -0.39 is 0 Å². The third kappa shape index (κ3) is 3.35. The van der Waals surface area contributed by atoms with E-state index in [0.29, 0.717) is 12.0 Å². The Bertz CT molecular complexity index is 261. The number of hydrogen-bond donors (Lipinski definition) is 2. The van der Waals surface area contributed by atoms with Crippen LogP contribution in [-0.4, -0.2) is 36.1 Å². The Hall–Kier alpha value is -0.770. The molecule has 3 N–H and O–H groups in total. The van der Waals surface area contributed by atoms with Gasteiger partial charge in [0, 0.05) is 25.2 Å². The highest BCUT2D eigenvalue weighted by atomic mass is 16.2. The molecule has 4 nitrogen and oxygen atoms in total. The topological polar surface area (TPSA) is 58.4 Å². The Balaban J connectivity index is 1.76. The molecule has 1 saturated heterocycles. The van der Waals surface area contributed by atoms with Gasteiger partial charge in [-0.15, -0.1) is 0 Å². The molecule has 1 aliphatic carbocycles. The maximum Gasteiger partial charge on any atom is 0.317 e. The molecule has 2 fully saturated rings. The van der Waals surface area contributed by atoms with E-state index in [2.05, 4.69) is 5.32 Å². The van der Waals surface area contributed by atoms with Crippen molar-refractivity contribution in [2.45, 2.75) is 57.5 Å². The number of carbonyl (C=O) groups is 1. The first-order valence-electron chi connectivity index (χ1n) is 6.98. The fourth-order valence-corrected chi connectivity index (χ4v) is 2.91. The Morgan fingerprint density at radius 2 is 2.00 bits per heavy atom. The number of carbonyl (C=O) groups excluding carboxylic acids is 1. The van der Waals surface area contributed by atoms with Gasteiger partial charge in [-0.3, -0.25) is 0 Å². The number of nitrogens with zero attached hydrogens (tertiary/aromatic N) is 1. The molecule has 0 spiro atoms. The predicted octanol–water partition coefficient (Wildman–Crippen LogP) is 1.70. The molecule has 2 aliphatic rings. The highest BCUT2D eigenvalue weighted by molar-refractivity contribution is 5.74. The van der Waals surface area contributed by atoms with Gasteiger partial charge in [0.25, 0.3) is 0 Å². The molecule has 0 aromatic heterocycles. The van der Waals surface area contributed by atoms with E-state index in [0.717, 1.165) is 32.4 Å². The van der Waals surface area contributed by atoms with Crippen molar-refractivity contribution in [3.63, 3.8) is 0 Å². The van der Waals surface area contributed by atoms with E-state index in [4.69, 9.17) is 5.73 Å². The first kappa shape index (κ1) is 12.7. The lowest BCUT2D eigenvalue weighted by atomic mass is 9.96. The quantitative estimate of drug-likeness (QED) is 0.770. The van der Waals surface area contributed by atoms with Crippen molar-refractivity contribution in [2.24, 2.45) is 11.7 Å². The standard InChI is InChI=1S/C13H25N3O/c1-10(14)11-7-8-16(9-11)13(17)15-12-5-3-2-4-6-12/h10-12H,2-9,14H2,1H3,(H,15,17). The fraction of sp³-hybridized carbons (Fsp3) is 0.923. The van der Waals surface area contributed by atoms with Gasteiger partial charge in [0.05, 0.1) is 0 Å². The monoisotopic (exact) mass is 239 g/mol. The number of rotatable bonds is 2. The zero-order chi connectivity index (χ0) is 12.3. The maximum absolute atomic E-state index is 12.1. The van der Waals surface area contributed by atoms with Crippen LogP contribution in [0, 0.1) is 5.92 Å². The van der Waals surface area contributed by atoms with Crippen LogP contribution in [0.5, 0.6) is 0 Å². The first-order valence-corrected chi connectivity index (χ1v) is 6.98. The molecule has 1 aliphatic heterocycles. The molecule has 0 radical (unpaired) electrons. The van der Waals surface area contributed by atoms with Gasteiger partial charge >= 0.3 is 6.03 Å². The average Bonchev–Trinajstić information content (AvgIpc) is 2.79. The minimum absolute atomic E-state index is 0.125. The van der Waals surface area contributed by atoms with Gasteiger partial charge in [-0.05, 0) is 32.1 Å². The molecule has 17 heavy (non-hydrogen) atoms. The van der Waals surface area contributed by atoms with Crippen molar-refractivity contribution in [3.8, 4) is 0 Å². The summed E-state index contributed by atoms with van der Waals surface area (Å²) >= 11 is 0. The molecule has 0 aromatic rings. The largest absolute Gasteiger partial charge is 0.335 e. The van der Waals surface area contributed by atoms with Crippen LogP contribution in [-0.2, 0) is 0 Å². The van der Waals surface area contributed by atoms with E-state index in [1.54, 1.807) is 0 Å². The molecule has 2 atom stereocenters. The second-order valence-electron chi connectivity index (χ2n) is 5.64. The Labute approximate surface area is 104 Å². The van der Waals surface area contributed by atoms with Crippen molar-refractivity contribution in [1.29, 1.82) is 0 Å². The van der Waals surface area contributed by atoms with Gasteiger partial charge in [-0.1, -0.05) is 19.3 Å². The second-order valence-corrected chi connectivity index (χ2v) is 5.64. The molecule has 98 valence electrons. The zero-order valence-corrected chi connectivity index (χ0v) is 10.8. The van der Waals surface area contributed by atoms with Crippen LogP contribution in [0.4, 0.5) is 4.79 Å².